The first-order chi connectivity index (χ1) is 14.1. The summed E-state index contributed by atoms with van der Waals surface area (Å²) in [7, 11) is 1.92. The molecule has 0 radical (unpaired) electrons. The fourth-order valence-electron chi connectivity index (χ4n) is 4.78. The zero-order valence-electron chi connectivity index (χ0n) is 17.2. The molecular weight excluding hydrogens is 366 g/mol. The first-order valence-electron chi connectivity index (χ1n) is 10.8. The standard InChI is InChI=1S/C22H31N5O2/c1-25-16-19(22(24-25)18-6-8-21(9-7-18)27(28)29)14-23-20-10-12-26(13-11-20)15-17-4-2-3-5-17/h6-9,16-17,20,23H,2-5,10-15H2,1H3. The van der Waals surface area contributed by atoms with E-state index in [1.165, 1.54) is 58.2 Å². The molecule has 0 spiro atoms. The van der Waals surface area contributed by atoms with E-state index >= 15 is 0 Å². The largest absolute Gasteiger partial charge is 0.310 e. The zero-order valence-corrected chi connectivity index (χ0v) is 17.2. The van der Waals surface area contributed by atoms with Gasteiger partial charge in [0.05, 0.1) is 10.6 Å². The van der Waals surface area contributed by atoms with Crippen LogP contribution < -0.4 is 5.32 Å². The molecule has 1 aromatic carbocycles. The van der Waals surface area contributed by atoms with Gasteiger partial charge in [0.2, 0.25) is 0 Å². The van der Waals surface area contributed by atoms with E-state index in [0.29, 0.717) is 6.04 Å². The number of rotatable bonds is 7. The third kappa shape index (κ3) is 5.03. The minimum atomic E-state index is -0.371. The summed E-state index contributed by atoms with van der Waals surface area (Å²) in [6.07, 6.45) is 10.1. The van der Waals surface area contributed by atoms with Gasteiger partial charge in [0.15, 0.2) is 0 Å². The average molecular weight is 398 g/mol. The van der Waals surface area contributed by atoms with Crippen molar-refractivity contribution in [1.82, 2.24) is 20.0 Å². The number of hydrogen-bond acceptors (Lipinski definition) is 5. The van der Waals surface area contributed by atoms with Gasteiger partial charge >= 0.3 is 0 Å². The first-order valence-corrected chi connectivity index (χ1v) is 10.8. The summed E-state index contributed by atoms with van der Waals surface area (Å²) in [5.74, 6) is 0.930. The monoisotopic (exact) mass is 397 g/mol. The Bertz CT molecular complexity index is 818. The van der Waals surface area contributed by atoms with Crippen LogP contribution in [-0.4, -0.2) is 45.3 Å². The van der Waals surface area contributed by atoms with Crippen molar-refractivity contribution in [2.75, 3.05) is 19.6 Å². The van der Waals surface area contributed by atoms with Gasteiger partial charge in [-0.05, 0) is 56.8 Å². The summed E-state index contributed by atoms with van der Waals surface area (Å²) < 4.78 is 1.82. The molecule has 7 heteroatoms. The Labute approximate surface area is 172 Å². The molecule has 1 saturated carbocycles. The fraction of sp³-hybridized carbons (Fsp3) is 0.591. The maximum atomic E-state index is 10.9. The maximum absolute atomic E-state index is 10.9. The van der Waals surface area contributed by atoms with Crippen LogP contribution in [0.25, 0.3) is 11.3 Å². The van der Waals surface area contributed by atoms with Crippen LogP contribution in [-0.2, 0) is 13.6 Å². The quantitative estimate of drug-likeness (QED) is 0.569. The maximum Gasteiger partial charge on any atom is 0.269 e. The van der Waals surface area contributed by atoms with E-state index in [4.69, 9.17) is 0 Å². The number of nitrogens with zero attached hydrogens (tertiary/aromatic N) is 4. The van der Waals surface area contributed by atoms with Gasteiger partial charge in [-0.2, -0.15) is 5.10 Å². The number of aryl methyl sites for hydroxylation is 1. The van der Waals surface area contributed by atoms with Crippen LogP contribution in [0.3, 0.4) is 0 Å². The van der Waals surface area contributed by atoms with Crippen molar-refractivity contribution in [3.05, 3.63) is 46.1 Å². The molecule has 1 aliphatic heterocycles. The number of likely N-dealkylation sites (tertiary alicyclic amines) is 1. The van der Waals surface area contributed by atoms with Gasteiger partial charge in [-0.1, -0.05) is 12.8 Å². The molecule has 7 nitrogen and oxygen atoms in total. The van der Waals surface area contributed by atoms with Gasteiger partial charge in [0, 0.05) is 55.6 Å². The SMILES string of the molecule is Cn1cc(CNC2CCN(CC3CCCC3)CC2)c(-c2ccc([N+](=O)[O-])cc2)n1. The molecule has 1 saturated heterocycles. The van der Waals surface area contributed by atoms with Crippen molar-refractivity contribution < 1.29 is 4.92 Å². The summed E-state index contributed by atoms with van der Waals surface area (Å²) in [5, 5.41) is 19.2. The van der Waals surface area contributed by atoms with Crippen LogP contribution in [0.1, 0.15) is 44.1 Å². The predicted molar refractivity (Wildman–Crippen MR) is 114 cm³/mol. The molecule has 2 aliphatic rings. The number of benzene rings is 1. The van der Waals surface area contributed by atoms with E-state index in [1.807, 2.05) is 17.9 Å². The highest BCUT2D eigenvalue weighted by Crippen LogP contribution is 2.27. The lowest BCUT2D eigenvalue weighted by molar-refractivity contribution is -0.384. The highest BCUT2D eigenvalue weighted by atomic mass is 16.6. The Morgan fingerprint density at radius 2 is 1.83 bits per heavy atom. The van der Waals surface area contributed by atoms with Crippen LogP contribution in [0.4, 0.5) is 5.69 Å². The van der Waals surface area contributed by atoms with Crippen LogP contribution >= 0.6 is 0 Å². The lowest BCUT2D eigenvalue weighted by Gasteiger charge is -2.34. The third-order valence-corrected chi connectivity index (χ3v) is 6.42. The van der Waals surface area contributed by atoms with Gasteiger partial charge in [0.25, 0.3) is 5.69 Å². The lowest BCUT2D eigenvalue weighted by atomic mass is 10.0. The topological polar surface area (TPSA) is 76.2 Å². The first kappa shape index (κ1) is 20.0. The van der Waals surface area contributed by atoms with Crippen LogP contribution in [0.2, 0.25) is 0 Å². The van der Waals surface area contributed by atoms with Crippen LogP contribution in [0.15, 0.2) is 30.5 Å². The van der Waals surface area contributed by atoms with Crippen molar-refractivity contribution in [1.29, 1.82) is 0 Å². The fourth-order valence-corrected chi connectivity index (χ4v) is 4.78. The second kappa shape index (κ2) is 9.05. The Morgan fingerprint density at radius 1 is 1.14 bits per heavy atom. The lowest BCUT2D eigenvalue weighted by Crippen LogP contribution is -2.43. The van der Waals surface area contributed by atoms with Crippen LogP contribution in [0, 0.1) is 16.0 Å². The summed E-state index contributed by atoms with van der Waals surface area (Å²) in [6, 6.07) is 7.19. The Balaban J connectivity index is 1.32. The van der Waals surface area contributed by atoms with E-state index in [1.54, 1.807) is 24.3 Å². The number of nitrogens with one attached hydrogen (secondary N) is 1. The van der Waals surface area contributed by atoms with E-state index in [2.05, 4.69) is 15.3 Å². The van der Waals surface area contributed by atoms with Crippen LogP contribution in [0.5, 0.6) is 0 Å². The molecule has 0 unspecified atom stereocenters. The van der Waals surface area contributed by atoms with Crippen molar-refractivity contribution in [3.63, 3.8) is 0 Å². The molecule has 0 bridgehead atoms. The van der Waals surface area contributed by atoms with Gasteiger partial charge < -0.3 is 10.2 Å². The Hall–Kier alpha value is -2.25. The van der Waals surface area contributed by atoms with Gasteiger partial charge in [0.1, 0.15) is 0 Å². The zero-order chi connectivity index (χ0) is 20.2. The van der Waals surface area contributed by atoms with Gasteiger partial charge in [-0.3, -0.25) is 14.8 Å². The normalized spacial score (nSPS) is 19.1. The predicted octanol–water partition coefficient (Wildman–Crippen LogP) is 3.74. The molecule has 1 N–H and O–H groups in total. The van der Waals surface area contributed by atoms with Crippen molar-refractivity contribution in [2.45, 2.75) is 51.1 Å². The van der Waals surface area contributed by atoms with Gasteiger partial charge in [-0.15, -0.1) is 0 Å². The minimum Gasteiger partial charge on any atom is -0.310 e. The Morgan fingerprint density at radius 3 is 2.48 bits per heavy atom. The Kier molecular flexibility index (Phi) is 6.25. The number of nitro groups is 1. The number of hydrogen-bond donors (Lipinski definition) is 1. The average Bonchev–Trinajstić information content (AvgIpc) is 3.37. The molecule has 4 rings (SSSR count). The molecule has 0 atom stereocenters. The summed E-state index contributed by atoms with van der Waals surface area (Å²) in [6.45, 7) is 4.44. The minimum absolute atomic E-state index is 0.105. The van der Waals surface area contributed by atoms with E-state index in [9.17, 15) is 10.1 Å². The number of aromatic nitrogens is 2. The number of non-ortho nitro benzene ring substituents is 1. The molecule has 2 heterocycles. The van der Waals surface area contributed by atoms with Crippen molar-refractivity contribution in [3.8, 4) is 11.3 Å². The summed E-state index contributed by atoms with van der Waals surface area (Å²) in [5.41, 5.74) is 3.05. The molecule has 156 valence electrons. The van der Waals surface area contributed by atoms with Crippen molar-refractivity contribution >= 4 is 5.69 Å². The molecule has 1 aromatic heterocycles. The highest BCUT2D eigenvalue weighted by molar-refractivity contribution is 5.64. The van der Waals surface area contributed by atoms with E-state index in [-0.39, 0.29) is 10.6 Å². The van der Waals surface area contributed by atoms with E-state index < -0.39 is 0 Å². The highest BCUT2D eigenvalue weighted by Gasteiger charge is 2.23. The smallest absolute Gasteiger partial charge is 0.269 e. The summed E-state index contributed by atoms with van der Waals surface area (Å²) >= 11 is 0. The molecule has 29 heavy (non-hydrogen) atoms. The number of nitro benzene ring substituents is 1. The molecule has 2 fully saturated rings. The van der Waals surface area contributed by atoms with Gasteiger partial charge in [-0.25, -0.2) is 0 Å². The second-order valence-electron chi connectivity index (χ2n) is 8.59. The molecule has 0 amide bonds. The van der Waals surface area contributed by atoms with Crippen molar-refractivity contribution in [2.24, 2.45) is 13.0 Å². The van der Waals surface area contributed by atoms with E-state index in [0.717, 1.165) is 29.3 Å². The molecule has 2 aromatic rings. The summed E-state index contributed by atoms with van der Waals surface area (Å²) in [4.78, 5) is 13.2. The molecular formula is C22H31N5O2. The second-order valence-corrected chi connectivity index (χ2v) is 8.59. The molecule has 1 aliphatic carbocycles. The third-order valence-electron chi connectivity index (χ3n) is 6.42. The number of piperidine rings is 1.